The second kappa shape index (κ2) is 6.44. The summed E-state index contributed by atoms with van der Waals surface area (Å²) in [5, 5.41) is 4.13. The van der Waals surface area contributed by atoms with Crippen LogP contribution in [0.4, 0.5) is 0 Å². The summed E-state index contributed by atoms with van der Waals surface area (Å²) in [4.78, 5) is 20.9. The van der Waals surface area contributed by atoms with Gasteiger partial charge in [-0.15, -0.1) is 11.3 Å². The molecule has 1 aliphatic rings. The number of hydrogen-bond acceptors (Lipinski definition) is 4. The number of thiophene rings is 1. The average molecular weight is 352 g/mol. The van der Waals surface area contributed by atoms with E-state index in [0.29, 0.717) is 0 Å². The lowest BCUT2D eigenvalue weighted by Gasteiger charge is -2.25. The lowest BCUT2D eigenvalue weighted by Crippen LogP contribution is -2.29. The fraction of sp³-hybridized carbons (Fsp3) is 0.316. The maximum atomic E-state index is 12.8. The van der Waals surface area contributed by atoms with Gasteiger partial charge in [0.2, 0.25) is 0 Å². The van der Waals surface area contributed by atoms with Gasteiger partial charge in [0.15, 0.2) is 0 Å². The van der Waals surface area contributed by atoms with Gasteiger partial charge in [0.05, 0.1) is 16.6 Å². The molecule has 128 valence electrons. The van der Waals surface area contributed by atoms with Gasteiger partial charge in [0, 0.05) is 11.9 Å². The smallest absolute Gasteiger partial charge is 0.264 e. The van der Waals surface area contributed by atoms with Crippen LogP contribution in [0.1, 0.15) is 45.1 Å². The number of aromatic nitrogens is 3. The molecule has 5 nitrogen and oxygen atoms in total. The van der Waals surface area contributed by atoms with E-state index in [4.69, 9.17) is 0 Å². The van der Waals surface area contributed by atoms with E-state index >= 15 is 0 Å². The summed E-state index contributed by atoms with van der Waals surface area (Å²) in [6, 6.07) is 10.2. The molecule has 0 radical (unpaired) electrons. The minimum absolute atomic E-state index is 0.00855. The van der Waals surface area contributed by atoms with Crippen molar-refractivity contribution in [2.75, 3.05) is 7.05 Å². The Morgan fingerprint density at radius 2 is 2.08 bits per heavy atom. The number of benzene rings is 1. The molecule has 25 heavy (non-hydrogen) atoms. The molecule has 1 amide bonds. The van der Waals surface area contributed by atoms with Crippen molar-refractivity contribution in [3.63, 3.8) is 0 Å². The normalized spacial score (nSPS) is 14.3. The van der Waals surface area contributed by atoms with Crippen LogP contribution < -0.4 is 0 Å². The van der Waals surface area contributed by atoms with Crippen LogP contribution in [-0.2, 0) is 12.8 Å². The van der Waals surface area contributed by atoms with Crippen LogP contribution in [0.25, 0.3) is 5.69 Å². The van der Waals surface area contributed by atoms with Gasteiger partial charge in [-0.1, -0.05) is 12.1 Å². The first-order chi connectivity index (χ1) is 12.1. The lowest BCUT2D eigenvalue weighted by atomic mass is 10.1. The summed E-state index contributed by atoms with van der Waals surface area (Å²) in [6.45, 7) is 2.06. The third kappa shape index (κ3) is 2.98. The van der Waals surface area contributed by atoms with E-state index in [1.165, 1.54) is 23.2 Å². The van der Waals surface area contributed by atoms with Crippen LogP contribution in [0.5, 0.6) is 0 Å². The van der Waals surface area contributed by atoms with Crippen molar-refractivity contribution in [2.45, 2.75) is 32.2 Å². The Bertz CT molecular complexity index is 861. The van der Waals surface area contributed by atoms with Gasteiger partial charge in [-0.3, -0.25) is 4.79 Å². The molecule has 1 aromatic carbocycles. The van der Waals surface area contributed by atoms with E-state index in [1.54, 1.807) is 22.3 Å². The zero-order valence-electron chi connectivity index (χ0n) is 14.3. The highest BCUT2D eigenvalue weighted by molar-refractivity contribution is 7.14. The number of hydrogen-bond donors (Lipinski definition) is 0. The van der Waals surface area contributed by atoms with Crippen molar-refractivity contribution in [1.82, 2.24) is 19.7 Å². The third-order valence-corrected chi connectivity index (χ3v) is 6.14. The fourth-order valence-electron chi connectivity index (χ4n) is 3.25. The molecule has 1 atom stereocenters. The number of amides is 1. The zero-order valence-corrected chi connectivity index (χ0v) is 15.2. The second-order valence-corrected chi connectivity index (χ2v) is 7.57. The van der Waals surface area contributed by atoms with Crippen LogP contribution in [0, 0.1) is 0 Å². The zero-order chi connectivity index (χ0) is 17.4. The predicted molar refractivity (Wildman–Crippen MR) is 98.2 cm³/mol. The van der Waals surface area contributed by atoms with E-state index in [-0.39, 0.29) is 11.9 Å². The van der Waals surface area contributed by atoms with Crippen molar-refractivity contribution in [3.05, 3.63) is 63.9 Å². The molecule has 0 saturated carbocycles. The standard InChI is InChI=1S/C19H20N4OS/c1-13(14-6-8-16(9-7-14)23-12-20-11-21-23)22(2)19(24)18-10-15-4-3-5-17(15)25-18/h6-13H,3-5H2,1-2H3/t13-/m1/s1. The minimum atomic E-state index is 0.00855. The summed E-state index contributed by atoms with van der Waals surface area (Å²) < 4.78 is 1.72. The van der Waals surface area contributed by atoms with E-state index in [1.807, 2.05) is 36.2 Å². The first-order valence-electron chi connectivity index (χ1n) is 8.47. The molecule has 6 heteroatoms. The SMILES string of the molecule is C[C@H](c1ccc(-n2cncn2)cc1)N(C)C(=O)c1cc2c(s1)CCC2. The molecule has 0 saturated heterocycles. The minimum Gasteiger partial charge on any atom is -0.334 e. The van der Waals surface area contributed by atoms with Crippen LogP contribution in [-0.4, -0.2) is 32.6 Å². The molecule has 4 rings (SSSR count). The molecular formula is C19H20N4OS. The van der Waals surface area contributed by atoms with Crippen molar-refractivity contribution < 1.29 is 4.79 Å². The topological polar surface area (TPSA) is 51.0 Å². The monoisotopic (exact) mass is 352 g/mol. The molecule has 0 aliphatic heterocycles. The Balaban J connectivity index is 1.51. The van der Waals surface area contributed by atoms with Gasteiger partial charge in [0.25, 0.3) is 5.91 Å². The average Bonchev–Trinajstić information content (AvgIpc) is 3.36. The number of aryl methyl sites for hydroxylation is 2. The molecule has 0 unspecified atom stereocenters. The summed E-state index contributed by atoms with van der Waals surface area (Å²) in [7, 11) is 1.88. The van der Waals surface area contributed by atoms with E-state index in [0.717, 1.165) is 29.0 Å². The van der Waals surface area contributed by atoms with Gasteiger partial charge in [-0.25, -0.2) is 9.67 Å². The molecule has 0 bridgehead atoms. The summed E-state index contributed by atoms with van der Waals surface area (Å²) in [6.07, 6.45) is 6.64. The Hall–Kier alpha value is -2.47. The molecule has 1 aliphatic carbocycles. The van der Waals surface area contributed by atoms with Gasteiger partial charge < -0.3 is 4.90 Å². The Labute approximate surface area is 150 Å². The number of nitrogens with zero attached hydrogens (tertiary/aromatic N) is 4. The first kappa shape index (κ1) is 16.0. The Kier molecular flexibility index (Phi) is 4.13. The van der Waals surface area contributed by atoms with Crippen molar-refractivity contribution >= 4 is 17.2 Å². The molecule has 0 N–H and O–H groups in total. The molecule has 0 fully saturated rings. The highest BCUT2D eigenvalue weighted by Crippen LogP contribution is 2.32. The maximum absolute atomic E-state index is 12.8. The first-order valence-corrected chi connectivity index (χ1v) is 9.29. The number of carbonyl (C=O) groups excluding carboxylic acids is 1. The summed E-state index contributed by atoms with van der Waals surface area (Å²) >= 11 is 1.66. The van der Waals surface area contributed by atoms with Gasteiger partial charge >= 0.3 is 0 Å². The number of rotatable bonds is 4. The molecule has 2 aromatic heterocycles. The van der Waals surface area contributed by atoms with Gasteiger partial charge in [-0.2, -0.15) is 5.10 Å². The lowest BCUT2D eigenvalue weighted by molar-refractivity contribution is 0.0747. The molecular weight excluding hydrogens is 332 g/mol. The Morgan fingerprint density at radius 1 is 1.28 bits per heavy atom. The quantitative estimate of drug-likeness (QED) is 0.720. The van der Waals surface area contributed by atoms with Gasteiger partial charge in [-0.05, 0) is 55.5 Å². The largest absolute Gasteiger partial charge is 0.334 e. The number of carbonyl (C=O) groups is 1. The summed E-state index contributed by atoms with van der Waals surface area (Å²) in [5.74, 6) is 0.104. The van der Waals surface area contributed by atoms with Gasteiger partial charge in [0.1, 0.15) is 12.7 Å². The van der Waals surface area contributed by atoms with E-state index in [2.05, 4.69) is 23.1 Å². The van der Waals surface area contributed by atoms with Crippen LogP contribution in [0.3, 0.4) is 0 Å². The Morgan fingerprint density at radius 3 is 2.76 bits per heavy atom. The maximum Gasteiger partial charge on any atom is 0.264 e. The number of fused-ring (bicyclic) bond motifs is 1. The van der Waals surface area contributed by atoms with Crippen LogP contribution in [0.2, 0.25) is 0 Å². The van der Waals surface area contributed by atoms with Crippen molar-refractivity contribution in [3.8, 4) is 5.69 Å². The van der Waals surface area contributed by atoms with E-state index < -0.39 is 0 Å². The van der Waals surface area contributed by atoms with E-state index in [9.17, 15) is 4.79 Å². The predicted octanol–water partition coefficient (Wildman–Crippen LogP) is 3.65. The highest BCUT2D eigenvalue weighted by atomic mass is 32.1. The van der Waals surface area contributed by atoms with Crippen LogP contribution in [0.15, 0.2) is 43.0 Å². The summed E-state index contributed by atoms with van der Waals surface area (Å²) in [5.41, 5.74) is 3.42. The van der Waals surface area contributed by atoms with Crippen molar-refractivity contribution in [1.29, 1.82) is 0 Å². The van der Waals surface area contributed by atoms with Crippen LogP contribution >= 0.6 is 11.3 Å². The highest BCUT2D eigenvalue weighted by Gasteiger charge is 2.23. The fourth-order valence-corrected chi connectivity index (χ4v) is 4.49. The second-order valence-electron chi connectivity index (χ2n) is 6.44. The van der Waals surface area contributed by atoms with Crippen molar-refractivity contribution in [2.24, 2.45) is 0 Å². The molecule has 2 heterocycles. The molecule has 3 aromatic rings. The molecule has 0 spiro atoms. The third-order valence-electron chi connectivity index (χ3n) is 4.92.